The van der Waals surface area contributed by atoms with Crippen LogP contribution in [-0.2, 0) is 6.54 Å². The molecule has 1 saturated heterocycles. The van der Waals surface area contributed by atoms with Crippen LogP contribution in [-0.4, -0.2) is 29.6 Å². The standard InChI is InChI=1S/C14H20BrFN2/c1-10-7-18(14(2,3)9-17-10)8-11-4-5-12(15)6-13(11)16/h4-6,10,17H,7-9H2,1-3H3. The summed E-state index contributed by atoms with van der Waals surface area (Å²) in [5.74, 6) is -0.133. The highest BCUT2D eigenvalue weighted by atomic mass is 79.9. The molecule has 1 aromatic carbocycles. The van der Waals surface area contributed by atoms with Crippen LogP contribution in [0.15, 0.2) is 22.7 Å². The predicted molar refractivity (Wildman–Crippen MR) is 76.1 cm³/mol. The van der Waals surface area contributed by atoms with E-state index < -0.39 is 0 Å². The minimum Gasteiger partial charge on any atom is -0.311 e. The molecule has 1 fully saturated rings. The molecule has 1 atom stereocenters. The van der Waals surface area contributed by atoms with Crippen LogP contribution in [0.1, 0.15) is 26.3 Å². The van der Waals surface area contributed by atoms with Crippen LogP contribution in [0.3, 0.4) is 0 Å². The third-order valence-corrected chi connectivity index (χ3v) is 4.10. The van der Waals surface area contributed by atoms with Gasteiger partial charge in [-0.25, -0.2) is 4.39 Å². The molecule has 2 rings (SSSR count). The molecule has 0 amide bonds. The van der Waals surface area contributed by atoms with Crippen molar-refractivity contribution in [2.24, 2.45) is 0 Å². The van der Waals surface area contributed by atoms with Gasteiger partial charge in [0.1, 0.15) is 5.82 Å². The summed E-state index contributed by atoms with van der Waals surface area (Å²) in [7, 11) is 0. The smallest absolute Gasteiger partial charge is 0.128 e. The van der Waals surface area contributed by atoms with E-state index in [2.05, 4.69) is 46.9 Å². The van der Waals surface area contributed by atoms with Crippen molar-refractivity contribution in [1.82, 2.24) is 10.2 Å². The maximum Gasteiger partial charge on any atom is 0.128 e. The van der Waals surface area contributed by atoms with Crippen molar-refractivity contribution < 1.29 is 4.39 Å². The van der Waals surface area contributed by atoms with Crippen molar-refractivity contribution in [3.63, 3.8) is 0 Å². The van der Waals surface area contributed by atoms with Gasteiger partial charge in [-0.3, -0.25) is 4.90 Å². The van der Waals surface area contributed by atoms with E-state index in [9.17, 15) is 4.39 Å². The second-order valence-electron chi connectivity index (χ2n) is 5.71. The van der Waals surface area contributed by atoms with Crippen molar-refractivity contribution in [3.05, 3.63) is 34.1 Å². The molecule has 0 radical (unpaired) electrons. The van der Waals surface area contributed by atoms with Gasteiger partial charge >= 0.3 is 0 Å². The largest absolute Gasteiger partial charge is 0.311 e. The SMILES string of the molecule is CC1CN(Cc2ccc(Br)cc2F)C(C)(C)CN1. The lowest BCUT2D eigenvalue weighted by molar-refractivity contribution is 0.0616. The van der Waals surface area contributed by atoms with Crippen LogP contribution in [0.5, 0.6) is 0 Å². The van der Waals surface area contributed by atoms with Crippen LogP contribution in [0, 0.1) is 5.82 Å². The van der Waals surface area contributed by atoms with Gasteiger partial charge in [-0.05, 0) is 32.9 Å². The Balaban J connectivity index is 2.16. The van der Waals surface area contributed by atoms with Gasteiger partial charge in [0, 0.05) is 41.3 Å². The lowest BCUT2D eigenvalue weighted by Crippen LogP contribution is -2.60. The maximum absolute atomic E-state index is 13.9. The molecular weight excluding hydrogens is 295 g/mol. The van der Waals surface area contributed by atoms with Gasteiger partial charge in [-0.15, -0.1) is 0 Å². The van der Waals surface area contributed by atoms with Gasteiger partial charge < -0.3 is 5.32 Å². The fraction of sp³-hybridized carbons (Fsp3) is 0.571. The molecule has 1 aromatic rings. The van der Waals surface area contributed by atoms with Crippen LogP contribution < -0.4 is 5.32 Å². The number of nitrogens with zero attached hydrogens (tertiary/aromatic N) is 1. The molecule has 18 heavy (non-hydrogen) atoms. The van der Waals surface area contributed by atoms with Gasteiger partial charge in [-0.2, -0.15) is 0 Å². The quantitative estimate of drug-likeness (QED) is 0.902. The first-order valence-electron chi connectivity index (χ1n) is 6.31. The lowest BCUT2D eigenvalue weighted by atomic mass is 9.97. The van der Waals surface area contributed by atoms with Crippen LogP contribution in [0.25, 0.3) is 0 Å². The maximum atomic E-state index is 13.9. The Morgan fingerprint density at radius 1 is 1.50 bits per heavy atom. The Hall–Kier alpha value is -0.450. The first-order valence-corrected chi connectivity index (χ1v) is 7.10. The lowest BCUT2D eigenvalue weighted by Gasteiger charge is -2.45. The topological polar surface area (TPSA) is 15.3 Å². The van der Waals surface area contributed by atoms with E-state index >= 15 is 0 Å². The zero-order valence-electron chi connectivity index (χ0n) is 11.1. The van der Waals surface area contributed by atoms with Crippen molar-refractivity contribution in [2.75, 3.05) is 13.1 Å². The summed E-state index contributed by atoms with van der Waals surface area (Å²) in [6.07, 6.45) is 0. The molecule has 4 heteroatoms. The zero-order chi connectivity index (χ0) is 13.3. The number of nitrogens with one attached hydrogen (secondary N) is 1. The summed E-state index contributed by atoms with van der Waals surface area (Å²) in [6, 6.07) is 5.75. The van der Waals surface area contributed by atoms with E-state index in [0.717, 1.165) is 23.1 Å². The molecular formula is C14H20BrFN2. The van der Waals surface area contributed by atoms with E-state index in [0.29, 0.717) is 12.6 Å². The fourth-order valence-corrected chi connectivity index (χ4v) is 2.65. The highest BCUT2D eigenvalue weighted by molar-refractivity contribution is 9.10. The number of piperazine rings is 1. The molecule has 0 spiro atoms. The van der Waals surface area contributed by atoms with Gasteiger partial charge in [-0.1, -0.05) is 22.0 Å². The molecule has 1 unspecified atom stereocenters. The molecule has 2 nitrogen and oxygen atoms in total. The molecule has 0 aliphatic carbocycles. The Morgan fingerprint density at radius 2 is 2.22 bits per heavy atom. The predicted octanol–water partition coefficient (Wildman–Crippen LogP) is 3.16. The van der Waals surface area contributed by atoms with Gasteiger partial charge in [0.25, 0.3) is 0 Å². The molecule has 0 bridgehead atoms. The average Bonchev–Trinajstić information content (AvgIpc) is 2.27. The first-order chi connectivity index (χ1) is 8.38. The van der Waals surface area contributed by atoms with Crippen LogP contribution >= 0.6 is 15.9 Å². The molecule has 0 aromatic heterocycles. The third kappa shape index (κ3) is 3.11. The van der Waals surface area contributed by atoms with E-state index in [1.165, 1.54) is 6.07 Å². The summed E-state index contributed by atoms with van der Waals surface area (Å²) in [4.78, 5) is 2.35. The Morgan fingerprint density at radius 3 is 2.89 bits per heavy atom. The summed E-state index contributed by atoms with van der Waals surface area (Å²) < 4.78 is 14.7. The summed E-state index contributed by atoms with van der Waals surface area (Å²) in [6.45, 7) is 9.11. The molecule has 1 N–H and O–H groups in total. The number of rotatable bonds is 2. The van der Waals surface area contributed by atoms with Crippen LogP contribution in [0.2, 0.25) is 0 Å². The van der Waals surface area contributed by atoms with E-state index in [4.69, 9.17) is 0 Å². The number of halogens is 2. The van der Waals surface area contributed by atoms with Crippen molar-refractivity contribution in [2.45, 2.75) is 38.9 Å². The second-order valence-corrected chi connectivity index (χ2v) is 6.63. The van der Waals surface area contributed by atoms with E-state index in [-0.39, 0.29) is 11.4 Å². The fourth-order valence-electron chi connectivity index (χ4n) is 2.31. The van der Waals surface area contributed by atoms with Crippen molar-refractivity contribution >= 4 is 15.9 Å². The highest BCUT2D eigenvalue weighted by Crippen LogP contribution is 2.23. The van der Waals surface area contributed by atoms with Crippen molar-refractivity contribution in [3.8, 4) is 0 Å². The molecule has 1 aliphatic heterocycles. The summed E-state index contributed by atoms with van der Waals surface area (Å²) in [5.41, 5.74) is 0.826. The normalized spacial score (nSPS) is 24.2. The average molecular weight is 315 g/mol. The Kier molecular flexibility index (Phi) is 4.09. The van der Waals surface area contributed by atoms with E-state index in [1.54, 1.807) is 0 Å². The van der Waals surface area contributed by atoms with Gasteiger partial charge in [0.15, 0.2) is 0 Å². The Bertz CT molecular complexity index is 434. The summed E-state index contributed by atoms with van der Waals surface area (Å²) in [5, 5.41) is 3.47. The van der Waals surface area contributed by atoms with Crippen molar-refractivity contribution in [1.29, 1.82) is 0 Å². The van der Waals surface area contributed by atoms with E-state index in [1.807, 2.05) is 12.1 Å². The molecule has 100 valence electrons. The van der Waals surface area contributed by atoms with Gasteiger partial charge in [0.2, 0.25) is 0 Å². The molecule has 1 aliphatic rings. The summed E-state index contributed by atoms with van der Waals surface area (Å²) >= 11 is 3.29. The molecule has 1 heterocycles. The van der Waals surface area contributed by atoms with Crippen LogP contribution in [0.4, 0.5) is 4.39 Å². The minimum absolute atomic E-state index is 0.0615. The first kappa shape index (κ1) is 14.0. The highest BCUT2D eigenvalue weighted by Gasteiger charge is 2.32. The Labute approximate surface area is 117 Å². The number of benzene rings is 1. The monoisotopic (exact) mass is 314 g/mol. The minimum atomic E-state index is -0.133. The third-order valence-electron chi connectivity index (χ3n) is 3.61. The second kappa shape index (κ2) is 5.27. The number of hydrogen-bond donors (Lipinski definition) is 1. The van der Waals surface area contributed by atoms with Gasteiger partial charge in [0.05, 0.1) is 0 Å². The number of hydrogen-bond acceptors (Lipinski definition) is 2. The zero-order valence-corrected chi connectivity index (χ0v) is 12.7. The molecule has 0 saturated carbocycles.